The molecule has 1 atom stereocenters. The first-order valence-electron chi connectivity index (χ1n) is 18.8. The predicted molar refractivity (Wildman–Crippen MR) is 201 cm³/mol. The third-order valence-corrected chi connectivity index (χ3v) is 7.97. The number of ether oxygens (including phenoxy) is 1. The number of nitrogens with zero attached hydrogens (tertiary/aromatic N) is 2. The van der Waals surface area contributed by atoms with Crippen molar-refractivity contribution < 1.29 is 14.3 Å². The standard InChI is InChI=1S/C34H50N2O3.C3H8.2C2H6/c1-5-8-11-12-13-14-15-27-16-18-28(19-17-27)34(38)31-25-36(32-24-29(39-4)20-21-30(31)32)26-33(37)35(22-9-6-2)23-10-7-3;1-3-2;2*1-2/h16-21,24,31H,5-15,22-23,25-26H2,1-4H3;3H2,1-2H3;2*1-2H3. The van der Waals surface area contributed by atoms with Crippen molar-refractivity contribution in [2.75, 3.05) is 38.2 Å². The Hall–Kier alpha value is -2.82. The summed E-state index contributed by atoms with van der Waals surface area (Å²) in [5.41, 5.74) is 3.96. The van der Waals surface area contributed by atoms with Gasteiger partial charge in [0.05, 0.1) is 19.6 Å². The van der Waals surface area contributed by atoms with Crippen LogP contribution in [0.4, 0.5) is 5.69 Å². The van der Waals surface area contributed by atoms with Gasteiger partial charge in [-0.05, 0) is 42.9 Å². The van der Waals surface area contributed by atoms with Crippen molar-refractivity contribution in [3.8, 4) is 5.75 Å². The SMILES string of the molecule is CC.CC.CCC.CCCCCCCCc1ccc(C(=O)C2CN(CC(=O)N(CCCC)CCCC)c3cc(OC)ccc32)cc1. The Labute approximate surface area is 284 Å². The fraction of sp³-hybridized carbons (Fsp3) is 0.659. The number of hydrogen-bond donors (Lipinski definition) is 0. The highest BCUT2D eigenvalue weighted by Gasteiger charge is 2.35. The van der Waals surface area contributed by atoms with Crippen molar-refractivity contribution in [3.05, 3.63) is 59.2 Å². The van der Waals surface area contributed by atoms with Gasteiger partial charge >= 0.3 is 0 Å². The summed E-state index contributed by atoms with van der Waals surface area (Å²) in [4.78, 5) is 31.2. The van der Waals surface area contributed by atoms with E-state index in [-0.39, 0.29) is 24.2 Å². The van der Waals surface area contributed by atoms with Crippen molar-refractivity contribution in [2.24, 2.45) is 0 Å². The van der Waals surface area contributed by atoms with Crippen LogP contribution in [0.5, 0.6) is 5.75 Å². The van der Waals surface area contributed by atoms with E-state index in [1.54, 1.807) is 7.11 Å². The first kappa shape index (κ1) is 43.2. The lowest BCUT2D eigenvalue weighted by atomic mass is 9.91. The van der Waals surface area contributed by atoms with Gasteiger partial charge < -0.3 is 14.5 Å². The number of anilines is 1. The lowest BCUT2D eigenvalue weighted by molar-refractivity contribution is -0.129. The Kier molecular flexibility index (Phi) is 25.6. The van der Waals surface area contributed by atoms with Crippen LogP contribution in [0.25, 0.3) is 0 Å². The van der Waals surface area contributed by atoms with E-state index >= 15 is 0 Å². The molecule has 0 fully saturated rings. The van der Waals surface area contributed by atoms with Crippen molar-refractivity contribution in [3.63, 3.8) is 0 Å². The maximum absolute atomic E-state index is 13.7. The average Bonchev–Trinajstić information content (AvgIpc) is 3.45. The van der Waals surface area contributed by atoms with Crippen LogP contribution in [0, 0.1) is 0 Å². The van der Waals surface area contributed by atoms with Gasteiger partial charge in [-0.2, -0.15) is 0 Å². The topological polar surface area (TPSA) is 49.9 Å². The van der Waals surface area contributed by atoms with E-state index < -0.39 is 0 Å². The number of carbonyl (C=O) groups excluding carboxylic acids is 2. The maximum atomic E-state index is 13.7. The lowest BCUT2D eigenvalue weighted by Crippen LogP contribution is -2.41. The van der Waals surface area contributed by atoms with Gasteiger partial charge in [0.25, 0.3) is 0 Å². The summed E-state index contributed by atoms with van der Waals surface area (Å²) < 4.78 is 5.49. The quantitative estimate of drug-likeness (QED) is 0.120. The summed E-state index contributed by atoms with van der Waals surface area (Å²) in [6.45, 7) is 21.2. The number of ketones is 1. The van der Waals surface area contributed by atoms with Gasteiger partial charge in [0.15, 0.2) is 5.78 Å². The molecular weight excluding hydrogens is 568 g/mol. The van der Waals surface area contributed by atoms with Gasteiger partial charge in [0.1, 0.15) is 5.75 Å². The Morgan fingerprint density at radius 1 is 0.761 bits per heavy atom. The Morgan fingerprint density at radius 3 is 1.85 bits per heavy atom. The molecule has 1 unspecified atom stereocenters. The van der Waals surface area contributed by atoms with Crippen LogP contribution in [0.15, 0.2) is 42.5 Å². The number of fused-ring (bicyclic) bond motifs is 1. The zero-order chi connectivity index (χ0) is 34.7. The Morgan fingerprint density at radius 2 is 1.30 bits per heavy atom. The molecule has 0 spiro atoms. The van der Waals surface area contributed by atoms with Gasteiger partial charge in [-0.3, -0.25) is 9.59 Å². The van der Waals surface area contributed by atoms with Crippen LogP contribution in [0.2, 0.25) is 0 Å². The van der Waals surface area contributed by atoms with Crippen LogP contribution in [0.1, 0.15) is 160 Å². The first-order chi connectivity index (χ1) is 22.4. The Balaban J connectivity index is 0.00000268. The Bertz CT molecular complexity index is 1040. The monoisotopic (exact) mass is 639 g/mol. The number of aryl methyl sites for hydroxylation is 1. The molecule has 0 saturated carbocycles. The summed E-state index contributed by atoms with van der Waals surface area (Å²) in [5.74, 6) is 0.712. The van der Waals surface area contributed by atoms with Crippen molar-refractivity contribution in [1.29, 1.82) is 0 Å². The van der Waals surface area contributed by atoms with Crippen molar-refractivity contribution in [2.45, 2.75) is 145 Å². The smallest absolute Gasteiger partial charge is 0.242 e. The van der Waals surface area contributed by atoms with Crippen LogP contribution in [-0.2, 0) is 11.2 Å². The van der Waals surface area contributed by atoms with E-state index in [4.69, 9.17) is 4.74 Å². The van der Waals surface area contributed by atoms with Crippen LogP contribution in [-0.4, -0.2) is 49.9 Å². The minimum atomic E-state index is -0.289. The minimum absolute atomic E-state index is 0.122. The molecule has 0 aromatic heterocycles. The van der Waals surface area contributed by atoms with E-state index in [0.29, 0.717) is 6.54 Å². The molecule has 0 saturated heterocycles. The molecule has 1 heterocycles. The molecule has 5 nitrogen and oxygen atoms in total. The number of carbonyl (C=O) groups is 2. The fourth-order valence-electron chi connectivity index (χ4n) is 5.48. The van der Waals surface area contributed by atoms with Crippen LogP contribution < -0.4 is 9.64 Å². The van der Waals surface area contributed by atoms with E-state index in [9.17, 15) is 9.59 Å². The van der Waals surface area contributed by atoms with Gasteiger partial charge in [0, 0.05) is 37.0 Å². The van der Waals surface area contributed by atoms with E-state index in [1.165, 1.54) is 50.5 Å². The highest BCUT2D eigenvalue weighted by molar-refractivity contribution is 6.03. The number of hydrogen-bond acceptors (Lipinski definition) is 4. The van der Waals surface area contributed by atoms with E-state index in [0.717, 1.165) is 67.8 Å². The van der Waals surface area contributed by atoms with Crippen LogP contribution in [0.3, 0.4) is 0 Å². The molecule has 1 amide bonds. The average molecular weight is 639 g/mol. The summed E-state index contributed by atoms with van der Waals surface area (Å²) in [6, 6.07) is 14.1. The summed E-state index contributed by atoms with van der Waals surface area (Å²) >= 11 is 0. The number of amides is 1. The predicted octanol–water partition coefficient (Wildman–Crippen LogP) is 11.3. The zero-order valence-electron chi connectivity index (χ0n) is 31.6. The van der Waals surface area contributed by atoms with Crippen molar-refractivity contribution >= 4 is 17.4 Å². The van der Waals surface area contributed by atoms with Gasteiger partial charge in [-0.25, -0.2) is 0 Å². The highest BCUT2D eigenvalue weighted by atomic mass is 16.5. The third kappa shape index (κ3) is 15.2. The molecule has 0 radical (unpaired) electrons. The number of unbranched alkanes of at least 4 members (excludes halogenated alkanes) is 7. The molecule has 2 aromatic carbocycles. The molecule has 3 rings (SSSR count). The summed E-state index contributed by atoms with van der Waals surface area (Å²) in [5, 5.41) is 0. The van der Waals surface area contributed by atoms with E-state index in [2.05, 4.69) is 51.7 Å². The molecule has 0 bridgehead atoms. The summed E-state index contributed by atoms with van der Waals surface area (Å²) in [6.07, 6.45) is 14.2. The molecule has 0 aliphatic carbocycles. The first-order valence-corrected chi connectivity index (χ1v) is 18.8. The van der Waals surface area contributed by atoms with Gasteiger partial charge in [-0.15, -0.1) is 0 Å². The number of Topliss-reactive ketones (excluding diaryl/α,β-unsaturated/α-hetero) is 1. The molecule has 46 heavy (non-hydrogen) atoms. The second-order valence-electron chi connectivity index (χ2n) is 11.7. The zero-order valence-corrected chi connectivity index (χ0v) is 31.6. The molecule has 5 heteroatoms. The number of rotatable bonds is 18. The van der Waals surface area contributed by atoms with Crippen LogP contribution >= 0.6 is 0 Å². The second-order valence-corrected chi connectivity index (χ2v) is 11.7. The highest BCUT2D eigenvalue weighted by Crippen LogP contribution is 2.40. The molecule has 2 aromatic rings. The molecule has 0 N–H and O–H groups in total. The van der Waals surface area contributed by atoms with Crippen molar-refractivity contribution in [1.82, 2.24) is 4.90 Å². The normalized spacial score (nSPS) is 12.8. The second kappa shape index (κ2) is 27.3. The maximum Gasteiger partial charge on any atom is 0.242 e. The number of benzene rings is 2. The largest absolute Gasteiger partial charge is 0.497 e. The fourth-order valence-corrected chi connectivity index (χ4v) is 5.48. The minimum Gasteiger partial charge on any atom is -0.497 e. The van der Waals surface area contributed by atoms with E-state index in [1.807, 2.05) is 62.9 Å². The molecular formula is C41H70N2O3. The molecule has 262 valence electrons. The van der Waals surface area contributed by atoms with Gasteiger partial charge in [-0.1, -0.05) is 144 Å². The third-order valence-electron chi connectivity index (χ3n) is 7.97. The van der Waals surface area contributed by atoms with Gasteiger partial charge in [0.2, 0.25) is 5.91 Å². The lowest BCUT2D eigenvalue weighted by Gasteiger charge is -2.27. The number of methoxy groups -OCH3 is 1. The molecule has 1 aliphatic heterocycles. The summed E-state index contributed by atoms with van der Waals surface area (Å²) in [7, 11) is 1.65. The molecule has 1 aliphatic rings.